The van der Waals surface area contributed by atoms with E-state index in [1.165, 1.54) is 4.68 Å². The second-order valence-electron chi connectivity index (χ2n) is 7.33. The SMILES string of the molecule is CCOC(=O)c1c2c(nn1C)CCN(C(=O)C(C)N1C(=O)c3ccccc3C1=O)C2. The topological polar surface area (TPSA) is 102 Å². The zero-order valence-electron chi connectivity index (χ0n) is 17.0. The molecule has 4 rings (SSSR count). The van der Waals surface area contributed by atoms with Crippen LogP contribution in [-0.4, -0.2) is 62.5 Å². The Morgan fingerprint density at radius 3 is 2.40 bits per heavy atom. The molecule has 0 radical (unpaired) electrons. The van der Waals surface area contributed by atoms with Gasteiger partial charge >= 0.3 is 5.97 Å². The van der Waals surface area contributed by atoms with Crippen molar-refractivity contribution in [3.63, 3.8) is 0 Å². The summed E-state index contributed by atoms with van der Waals surface area (Å²) in [6, 6.07) is 5.58. The van der Waals surface area contributed by atoms with E-state index in [-0.39, 0.29) is 19.1 Å². The van der Waals surface area contributed by atoms with Crippen LogP contribution in [0.3, 0.4) is 0 Å². The highest BCUT2D eigenvalue weighted by molar-refractivity contribution is 6.22. The average Bonchev–Trinajstić information content (AvgIpc) is 3.20. The van der Waals surface area contributed by atoms with Crippen LogP contribution in [-0.2, 0) is 29.5 Å². The van der Waals surface area contributed by atoms with Gasteiger partial charge in [-0.2, -0.15) is 5.10 Å². The number of fused-ring (bicyclic) bond motifs is 2. The summed E-state index contributed by atoms with van der Waals surface area (Å²) >= 11 is 0. The number of rotatable bonds is 4. The third-order valence-electron chi connectivity index (χ3n) is 5.55. The Hall–Kier alpha value is -3.49. The van der Waals surface area contributed by atoms with Crippen molar-refractivity contribution in [3.05, 3.63) is 52.3 Å². The van der Waals surface area contributed by atoms with Gasteiger partial charge < -0.3 is 9.64 Å². The lowest BCUT2D eigenvalue weighted by molar-refractivity contribution is -0.135. The van der Waals surface area contributed by atoms with E-state index in [2.05, 4.69) is 5.10 Å². The Morgan fingerprint density at radius 2 is 1.80 bits per heavy atom. The predicted octanol–water partition coefficient (Wildman–Crippen LogP) is 1.17. The number of carbonyl (C=O) groups is 4. The van der Waals surface area contributed by atoms with Gasteiger partial charge in [-0.3, -0.25) is 24.0 Å². The lowest BCUT2D eigenvalue weighted by Crippen LogP contribution is -2.50. The molecule has 9 nitrogen and oxygen atoms in total. The zero-order valence-corrected chi connectivity index (χ0v) is 17.0. The molecular formula is C21H22N4O5. The summed E-state index contributed by atoms with van der Waals surface area (Å²) in [6.45, 7) is 4.07. The summed E-state index contributed by atoms with van der Waals surface area (Å²) in [6.07, 6.45) is 0.475. The van der Waals surface area contributed by atoms with Crippen molar-refractivity contribution in [3.8, 4) is 0 Å². The van der Waals surface area contributed by atoms with Crippen LogP contribution in [0.1, 0.15) is 56.3 Å². The van der Waals surface area contributed by atoms with Gasteiger partial charge in [-0.15, -0.1) is 0 Å². The number of amides is 3. The Labute approximate surface area is 173 Å². The number of imide groups is 1. The number of hydrogen-bond acceptors (Lipinski definition) is 6. The quantitative estimate of drug-likeness (QED) is 0.554. The Balaban J connectivity index is 1.57. The maximum Gasteiger partial charge on any atom is 0.356 e. The van der Waals surface area contributed by atoms with Crippen molar-refractivity contribution >= 4 is 23.7 Å². The fourth-order valence-electron chi connectivity index (χ4n) is 4.08. The number of hydrogen-bond donors (Lipinski definition) is 0. The molecule has 3 amide bonds. The van der Waals surface area contributed by atoms with Crippen LogP contribution in [0.5, 0.6) is 0 Å². The van der Waals surface area contributed by atoms with Gasteiger partial charge in [0.2, 0.25) is 5.91 Å². The number of carbonyl (C=O) groups excluding carboxylic acids is 4. The third-order valence-corrected chi connectivity index (χ3v) is 5.55. The first-order valence-electron chi connectivity index (χ1n) is 9.82. The van der Waals surface area contributed by atoms with Gasteiger partial charge in [0, 0.05) is 32.1 Å². The van der Waals surface area contributed by atoms with Gasteiger partial charge in [0.1, 0.15) is 6.04 Å². The minimum Gasteiger partial charge on any atom is -0.461 e. The van der Waals surface area contributed by atoms with Crippen molar-refractivity contribution in [2.75, 3.05) is 13.2 Å². The van der Waals surface area contributed by atoms with E-state index < -0.39 is 23.8 Å². The maximum atomic E-state index is 13.2. The fourth-order valence-corrected chi connectivity index (χ4v) is 4.08. The lowest BCUT2D eigenvalue weighted by Gasteiger charge is -2.31. The monoisotopic (exact) mass is 410 g/mol. The van der Waals surface area contributed by atoms with E-state index >= 15 is 0 Å². The molecule has 1 atom stereocenters. The number of esters is 1. The molecule has 0 spiro atoms. The first kappa shape index (κ1) is 19.8. The number of aromatic nitrogens is 2. The highest BCUT2D eigenvalue weighted by atomic mass is 16.5. The molecule has 0 fully saturated rings. The van der Waals surface area contributed by atoms with E-state index in [9.17, 15) is 19.2 Å². The molecule has 0 bridgehead atoms. The van der Waals surface area contributed by atoms with E-state index in [0.29, 0.717) is 35.3 Å². The van der Waals surface area contributed by atoms with Crippen LogP contribution in [0.4, 0.5) is 0 Å². The molecule has 1 aromatic heterocycles. The summed E-state index contributed by atoms with van der Waals surface area (Å²) in [5, 5.41) is 4.38. The molecule has 156 valence electrons. The summed E-state index contributed by atoms with van der Waals surface area (Å²) in [5.74, 6) is -1.78. The molecule has 1 unspecified atom stereocenters. The minimum absolute atomic E-state index is 0.170. The van der Waals surface area contributed by atoms with Gasteiger partial charge in [-0.1, -0.05) is 12.1 Å². The normalized spacial score (nSPS) is 16.4. The van der Waals surface area contributed by atoms with Gasteiger partial charge in [-0.05, 0) is 26.0 Å². The van der Waals surface area contributed by atoms with Crippen LogP contribution in [0.25, 0.3) is 0 Å². The maximum absolute atomic E-state index is 13.2. The number of aryl methyl sites for hydroxylation is 1. The van der Waals surface area contributed by atoms with E-state index in [4.69, 9.17) is 4.74 Å². The van der Waals surface area contributed by atoms with Crippen LogP contribution in [0.2, 0.25) is 0 Å². The van der Waals surface area contributed by atoms with Crippen molar-refractivity contribution in [2.24, 2.45) is 7.05 Å². The van der Waals surface area contributed by atoms with Gasteiger partial charge in [0.15, 0.2) is 5.69 Å². The molecule has 9 heteroatoms. The molecular weight excluding hydrogens is 388 g/mol. The second-order valence-corrected chi connectivity index (χ2v) is 7.33. The van der Waals surface area contributed by atoms with Crippen LogP contribution in [0, 0.1) is 0 Å². The zero-order chi connectivity index (χ0) is 21.6. The summed E-state index contributed by atoms with van der Waals surface area (Å²) in [7, 11) is 1.66. The first-order chi connectivity index (χ1) is 14.3. The van der Waals surface area contributed by atoms with Gasteiger partial charge in [0.05, 0.1) is 23.4 Å². The highest BCUT2D eigenvalue weighted by Gasteiger charge is 2.42. The highest BCUT2D eigenvalue weighted by Crippen LogP contribution is 2.27. The molecule has 30 heavy (non-hydrogen) atoms. The van der Waals surface area contributed by atoms with Crippen molar-refractivity contribution in [1.82, 2.24) is 19.6 Å². The minimum atomic E-state index is -0.957. The van der Waals surface area contributed by atoms with E-state index in [1.54, 1.807) is 50.1 Å². The molecule has 2 aromatic rings. The Morgan fingerprint density at radius 1 is 1.17 bits per heavy atom. The molecule has 0 saturated heterocycles. The fraction of sp³-hybridized carbons (Fsp3) is 0.381. The van der Waals surface area contributed by atoms with Crippen molar-refractivity contribution in [1.29, 1.82) is 0 Å². The molecule has 0 aliphatic carbocycles. The Kier molecular flexibility index (Phi) is 4.89. The van der Waals surface area contributed by atoms with Crippen molar-refractivity contribution < 1.29 is 23.9 Å². The van der Waals surface area contributed by atoms with Crippen LogP contribution < -0.4 is 0 Å². The summed E-state index contributed by atoms with van der Waals surface area (Å²) in [4.78, 5) is 53.5. The van der Waals surface area contributed by atoms with Crippen molar-refractivity contribution in [2.45, 2.75) is 32.9 Å². The summed E-state index contributed by atoms with van der Waals surface area (Å²) in [5.41, 5.74) is 2.32. The van der Waals surface area contributed by atoms with E-state index in [1.807, 2.05) is 0 Å². The van der Waals surface area contributed by atoms with Crippen LogP contribution in [0.15, 0.2) is 24.3 Å². The number of nitrogens with zero attached hydrogens (tertiary/aromatic N) is 4. The molecule has 0 N–H and O–H groups in total. The molecule has 1 aromatic carbocycles. The second kappa shape index (κ2) is 7.40. The average molecular weight is 410 g/mol. The van der Waals surface area contributed by atoms with Gasteiger partial charge in [-0.25, -0.2) is 4.79 Å². The Bertz CT molecular complexity index is 1040. The standard InChI is InChI=1S/C21H22N4O5/c1-4-30-21(29)17-15-11-24(10-9-16(15)22-23(17)3)18(26)12(2)25-19(27)13-7-5-6-8-14(13)20(25)28/h5-8,12H,4,9-11H2,1-3H3. The molecule has 2 aliphatic rings. The number of benzene rings is 1. The van der Waals surface area contributed by atoms with Gasteiger partial charge in [0.25, 0.3) is 11.8 Å². The van der Waals surface area contributed by atoms with Crippen LogP contribution >= 0.6 is 0 Å². The molecule has 0 saturated carbocycles. The van der Waals surface area contributed by atoms with E-state index in [0.717, 1.165) is 10.6 Å². The molecule has 3 heterocycles. The largest absolute Gasteiger partial charge is 0.461 e. The first-order valence-corrected chi connectivity index (χ1v) is 9.82. The third kappa shape index (κ3) is 2.97. The predicted molar refractivity (Wildman–Crippen MR) is 105 cm³/mol. The summed E-state index contributed by atoms with van der Waals surface area (Å²) < 4.78 is 6.60. The smallest absolute Gasteiger partial charge is 0.356 e. The number of ether oxygens (including phenoxy) is 1. The molecule has 2 aliphatic heterocycles. The lowest BCUT2D eigenvalue weighted by atomic mass is 10.0.